The predicted octanol–water partition coefficient (Wildman–Crippen LogP) is 1.51. The van der Waals surface area contributed by atoms with Gasteiger partial charge in [0.05, 0.1) is 12.5 Å². The van der Waals surface area contributed by atoms with Crippen LogP contribution in [0, 0.1) is 5.92 Å². The zero-order valence-corrected chi connectivity index (χ0v) is 9.18. The first-order chi connectivity index (χ1) is 7.18. The summed E-state index contributed by atoms with van der Waals surface area (Å²) in [6.07, 6.45) is 0. The Balaban J connectivity index is 2.09. The number of hydrogen-bond donors (Lipinski definition) is 0. The summed E-state index contributed by atoms with van der Waals surface area (Å²) in [4.78, 5) is 11.8. The Morgan fingerprint density at radius 3 is 2.53 bits per heavy atom. The molecule has 1 aliphatic heterocycles. The number of nitrogens with zero attached hydrogens (tertiary/aromatic N) is 2. The van der Waals surface area contributed by atoms with Crippen molar-refractivity contribution in [3.8, 4) is 0 Å². The second-order valence-electron chi connectivity index (χ2n) is 4.12. The van der Waals surface area contributed by atoms with E-state index >= 15 is 0 Å². The van der Waals surface area contributed by atoms with Gasteiger partial charge in [0, 0.05) is 13.6 Å². The maximum Gasteiger partial charge on any atom is 0.241 e. The Kier molecular flexibility index (Phi) is 2.73. The normalized spacial score (nSPS) is 22.4. The topological polar surface area (TPSA) is 23.6 Å². The molecular weight excluding hydrogens is 188 g/mol. The van der Waals surface area contributed by atoms with Crippen LogP contribution in [0.1, 0.15) is 12.5 Å². The van der Waals surface area contributed by atoms with Gasteiger partial charge in [-0.05, 0) is 5.56 Å². The fourth-order valence-corrected chi connectivity index (χ4v) is 1.95. The fourth-order valence-electron chi connectivity index (χ4n) is 1.95. The summed E-state index contributed by atoms with van der Waals surface area (Å²) in [5, 5.41) is 3.82. The predicted molar refractivity (Wildman–Crippen MR) is 58.8 cm³/mol. The zero-order valence-electron chi connectivity index (χ0n) is 9.18. The van der Waals surface area contributed by atoms with Crippen LogP contribution in [0.3, 0.4) is 0 Å². The highest BCUT2D eigenvalue weighted by molar-refractivity contribution is 5.80. The van der Waals surface area contributed by atoms with Gasteiger partial charge in [-0.3, -0.25) is 9.80 Å². The molecule has 15 heavy (non-hydrogen) atoms. The molecule has 0 N–H and O–H groups in total. The van der Waals surface area contributed by atoms with Crippen LogP contribution in [0.2, 0.25) is 0 Å². The van der Waals surface area contributed by atoms with Crippen molar-refractivity contribution in [1.29, 1.82) is 0 Å². The van der Waals surface area contributed by atoms with Crippen molar-refractivity contribution >= 4 is 5.91 Å². The van der Waals surface area contributed by atoms with E-state index in [4.69, 9.17) is 0 Å². The number of benzene rings is 1. The Morgan fingerprint density at radius 2 is 2.00 bits per heavy atom. The molecule has 3 heteroatoms. The average Bonchev–Trinajstić information content (AvgIpc) is 2.47. The number of hydrogen-bond acceptors (Lipinski definition) is 2. The van der Waals surface area contributed by atoms with Gasteiger partial charge in [-0.2, -0.15) is 0 Å². The van der Waals surface area contributed by atoms with Gasteiger partial charge in [0.2, 0.25) is 5.91 Å². The Hall–Kier alpha value is -1.35. The van der Waals surface area contributed by atoms with Gasteiger partial charge in [0.15, 0.2) is 0 Å². The molecule has 0 bridgehead atoms. The minimum absolute atomic E-state index is 0.124. The summed E-state index contributed by atoms with van der Waals surface area (Å²) in [6.45, 7) is 3.48. The van der Waals surface area contributed by atoms with Gasteiger partial charge in [-0.15, -0.1) is 0 Å². The molecule has 1 unspecified atom stereocenters. The summed E-state index contributed by atoms with van der Waals surface area (Å²) in [5.74, 6) is 0.347. The molecule has 0 spiro atoms. The van der Waals surface area contributed by atoms with Crippen molar-refractivity contribution in [2.75, 3.05) is 13.6 Å². The second-order valence-corrected chi connectivity index (χ2v) is 4.12. The van der Waals surface area contributed by atoms with E-state index in [0.717, 1.165) is 6.54 Å². The van der Waals surface area contributed by atoms with Gasteiger partial charge < -0.3 is 0 Å². The van der Waals surface area contributed by atoms with E-state index in [-0.39, 0.29) is 11.8 Å². The van der Waals surface area contributed by atoms with Crippen molar-refractivity contribution in [2.45, 2.75) is 13.5 Å². The molecule has 80 valence electrons. The lowest BCUT2D eigenvalue weighted by Gasteiger charge is -2.23. The van der Waals surface area contributed by atoms with Gasteiger partial charge in [0.25, 0.3) is 0 Å². The molecule has 0 radical (unpaired) electrons. The van der Waals surface area contributed by atoms with Crippen molar-refractivity contribution < 1.29 is 4.79 Å². The molecule has 1 aliphatic rings. The highest BCUT2D eigenvalue weighted by Gasteiger charge is 2.32. The lowest BCUT2D eigenvalue weighted by atomic mass is 10.2. The number of carbonyl (C=O) groups excluding carboxylic acids is 1. The average molecular weight is 204 g/mol. The Labute approximate surface area is 90.3 Å². The largest absolute Gasteiger partial charge is 0.273 e. The maximum atomic E-state index is 11.8. The van der Waals surface area contributed by atoms with E-state index in [1.165, 1.54) is 5.56 Å². The van der Waals surface area contributed by atoms with Crippen LogP contribution in [0.5, 0.6) is 0 Å². The fraction of sp³-hybridized carbons (Fsp3) is 0.417. The van der Waals surface area contributed by atoms with Gasteiger partial charge in [-0.1, -0.05) is 37.3 Å². The lowest BCUT2D eigenvalue weighted by Crippen LogP contribution is -2.35. The molecular formula is C12H16N2O. The zero-order chi connectivity index (χ0) is 10.8. The van der Waals surface area contributed by atoms with Crippen molar-refractivity contribution in [3.63, 3.8) is 0 Å². The first kappa shape index (κ1) is 10.2. The van der Waals surface area contributed by atoms with Crippen LogP contribution >= 0.6 is 0 Å². The van der Waals surface area contributed by atoms with E-state index in [2.05, 4.69) is 0 Å². The third-order valence-corrected chi connectivity index (χ3v) is 2.80. The van der Waals surface area contributed by atoms with Crippen molar-refractivity contribution in [2.24, 2.45) is 5.92 Å². The molecule has 1 atom stereocenters. The first-order valence-corrected chi connectivity index (χ1v) is 5.25. The molecule has 1 amide bonds. The summed E-state index contributed by atoms with van der Waals surface area (Å²) in [5.41, 5.74) is 1.17. The van der Waals surface area contributed by atoms with Crippen LogP contribution in [0.15, 0.2) is 30.3 Å². The Bertz CT molecular complexity index is 350. The maximum absolute atomic E-state index is 11.8. The van der Waals surface area contributed by atoms with Crippen LogP contribution in [0.4, 0.5) is 0 Å². The highest BCUT2D eigenvalue weighted by Crippen LogP contribution is 2.18. The van der Waals surface area contributed by atoms with Crippen LogP contribution in [-0.4, -0.2) is 29.5 Å². The van der Waals surface area contributed by atoms with Gasteiger partial charge >= 0.3 is 0 Å². The minimum Gasteiger partial charge on any atom is -0.273 e. The third kappa shape index (κ3) is 2.02. The van der Waals surface area contributed by atoms with Crippen LogP contribution in [-0.2, 0) is 11.3 Å². The lowest BCUT2D eigenvalue weighted by molar-refractivity contribution is -0.139. The summed E-state index contributed by atoms with van der Waals surface area (Å²) < 4.78 is 0. The monoisotopic (exact) mass is 204 g/mol. The SMILES string of the molecule is CC1CN(C)N(Cc2ccccc2)C1=O. The number of rotatable bonds is 2. The third-order valence-electron chi connectivity index (χ3n) is 2.80. The van der Waals surface area contributed by atoms with E-state index < -0.39 is 0 Å². The van der Waals surface area contributed by atoms with Crippen molar-refractivity contribution in [1.82, 2.24) is 10.0 Å². The molecule has 2 rings (SSSR count). The van der Waals surface area contributed by atoms with E-state index in [1.807, 2.05) is 54.3 Å². The number of hydrazine groups is 1. The molecule has 1 fully saturated rings. The van der Waals surface area contributed by atoms with Gasteiger partial charge in [-0.25, -0.2) is 5.01 Å². The minimum atomic E-state index is 0.124. The van der Waals surface area contributed by atoms with Crippen LogP contribution in [0.25, 0.3) is 0 Å². The van der Waals surface area contributed by atoms with E-state index in [9.17, 15) is 4.79 Å². The molecule has 0 aromatic heterocycles. The van der Waals surface area contributed by atoms with Crippen molar-refractivity contribution in [3.05, 3.63) is 35.9 Å². The Morgan fingerprint density at radius 1 is 1.33 bits per heavy atom. The second kappa shape index (κ2) is 4.03. The molecule has 1 aromatic rings. The molecule has 3 nitrogen and oxygen atoms in total. The summed E-state index contributed by atoms with van der Waals surface area (Å²) in [7, 11) is 1.96. The van der Waals surface area contributed by atoms with E-state index in [1.54, 1.807) is 0 Å². The summed E-state index contributed by atoms with van der Waals surface area (Å²) in [6, 6.07) is 10.1. The molecule has 0 saturated carbocycles. The standard InChI is InChI=1S/C12H16N2O/c1-10-8-13(2)14(12(10)15)9-11-6-4-3-5-7-11/h3-7,10H,8-9H2,1-2H3. The number of carbonyl (C=O) groups is 1. The van der Waals surface area contributed by atoms with Gasteiger partial charge in [0.1, 0.15) is 0 Å². The molecule has 1 heterocycles. The molecule has 1 aromatic carbocycles. The van der Waals surface area contributed by atoms with Crippen LogP contribution < -0.4 is 0 Å². The highest BCUT2D eigenvalue weighted by atomic mass is 16.2. The smallest absolute Gasteiger partial charge is 0.241 e. The molecule has 0 aliphatic carbocycles. The number of amides is 1. The quantitative estimate of drug-likeness (QED) is 0.729. The first-order valence-electron chi connectivity index (χ1n) is 5.25. The van der Waals surface area contributed by atoms with E-state index in [0.29, 0.717) is 6.54 Å². The summed E-state index contributed by atoms with van der Waals surface area (Å²) >= 11 is 0. The molecule has 1 saturated heterocycles.